The molecule has 0 saturated carbocycles. The number of carbonyl (C=O) groups excluding carboxylic acids is 1. The smallest absolute Gasteiger partial charge is 0.238 e. The summed E-state index contributed by atoms with van der Waals surface area (Å²) in [5, 5.41) is 0. The number of anilines is 1. The lowest BCUT2D eigenvalue weighted by atomic mass is 10.1. The molecule has 0 N–H and O–H groups in total. The van der Waals surface area contributed by atoms with Crippen LogP contribution in [0.3, 0.4) is 0 Å². The zero-order chi connectivity index (χ0) is 21.3. The van der Waals surface area contributed by atoms with Gasteiger partial charge < -0.3 is 14.5 Å². The number of ether oxygens (including phenoxy) is 1. The van der Waals surface area contributed by atoms with Gasteiger partial charge in [0.25, 0.3) is 0 Å². The van der Waals surface area contributed by atoms with E-state index in [1.165, 1.54) is 0 Å². The highest BCUT2D eigenvalue weighted by Crippen LogP contribution is 2.26. The third kappa shape index (κ3) is 4.20. The van der Waals surface area contributed by atoms with Gasteiger partial charge in [-0.15, -0.1) is 0 Å². The van der Waals surface area contributed by atoms with Crippen LogP contribution in [-0.2, 0) is 17.7 Å². The number of fused-ring (bicyclic) bond motifs is 1. The van der Waals surface area contributed by atoms with Crippen molar-refractivity contribution in [1.82, 2.24) is 24.4 Å². The van der Waals surface area contributed by atoms with Crippen molar-refractivity contribution in [3.63, 3.8) is 0 Å². The van der Waals surface area contributed by atoms with Crippen LogP contribution in [0.1, 0.15) is 27.6 Å². The Morgan fingerprint density at radius 1 is 1.13 bits per heavy atom. The van der Waals surface area contributed by atoms with E-state index in [2.05, 4.69) is 14.9 Å². The predicted molar refractivity (Wildman–Crippen MR) is 116 cm³/mol. The molecule has 4 rings (SSSR count). The van der Waals surface area contributed by atoms with Crippen LogP contribution < -0.4 is 4.90 Å². The summed E-state index contributed by atoms with van der Waals surface area (Å²) >= 11 is 0. The second-order valence-electron chi connectivity index (χ2n) is 8.03. The van der Waals surface area contributed by atoms with Gasteiger partial charge in [0, 0.05) is 13.1 Å². The molecular weight excluding hydrogens is 380 g/mol. The molecule has 2 aromatic heterocycles. The van der Waals surface area contributed by atoms with Crippen LogP contribution in [0.2, 0.25) is 0 Å². The summed E-state index contributed by atoms with van der Waals surface area (Å²) in [6.45, 7) is 7.24. The first-order valence-electron chi connectivity index (χ1n) is 10.2. The zero-order valence-electron chi connectivity index (χ0n) is 18.1. The minimum absolute atomic E-state index is 0.0361. The van der Waals surface area contributed by atoms with Crippen molar-refractivity contribution >= 4 is 22.9 Å². The van der Waals surface area contributed by atoms with E-state index < -0.39 is 0 Å². The van der Waals surface area contributed by atoms with Gasteiger partial charge in [0.2, 0.25) is 5.91 Å². The highest BCUT2D eigenvalue weighted by Gasteiger charge is 2.25. The molecule has 1 fully saturated rings. The van der Waals surface area contributed by atoms with Crippen LogP contribution in [0, 0.1) is 13.8 Å². The fraction of sp³-hybridized carbons (Fsp3) is 0.455. The second kappa shape index (κ2) is 8.49. The number of hydrogen-bond acceptors (Lipinski definition) is 7. The maximum Gasteiger partial charge on any atom is 0.238 e. The molecular formula is C22H28N6O2. The number of hydrogen-bond donors (Lipinski definition) is 0. The van der Waals surface area contributed by atoms with E-state index in [0.717, 1.165) is 30.0 Å². The van der Waals surface area contributed by atoms with Crippen LogP contribution in [0.5, 0.6) is 0 Å². The molecule has 1 aromatic carbocycles. The topological polar surface area (TPSA) is 76.4 Å². The van der Waals surface area contributed by atoms with Gasteiger partial charge in [0.1, 0.15) is 11.6 Å². The van der Waals surface area contributed by atoms with Crippen LogP contribution in [0.25, 0.3) is 11.2 Å². The number of imidazole rings is 1. The fourth-order valence-corrected chi connectivity index (χ4v) is 3.82. The first kappa shape index (κ1) is 20.4. The Balaban J connectivity index is 1.81. The standard InChI is InChI=1S/C22H28N6O2/c1-15-6-5-7-17(12-15)13-19(29)28-18(14-26(3)4)25-20-21(23-16(2)24-22(20)28)27-8-10-30-11-9-27/h5-7,12H,8-11,13-14H2,1-4H3. The summed E-state index contributed by atoms with van der Waals surface area (Å²) < 4.78 is 7.16. The Hall–Kier alpha value is -2.84. The molecule has 30 heavy (non-hydrogen) atoms. The van der Waals surface area contributed by atoms with Crippen molar-refractivity contribution in [3.05, 3.63) is 47.0 Å². The minimum atomic E-state index is -0.0361. The molecule has 0 aliphatic carbocycles. The van der Waals surface area contributed by atoms with Crippen molar-refractivity contribution in [2.75, 3.05) is 45.3 Å². The number of nitrogens with zero attached hydrogens (tertiary/aromatic N) is 6. The zero-order valence-corrected chi connectivity index (χ0v) is 18.1. The van der Waals surface area contributed by atoms with E-state index in [1.54, 1.807) is 4.57 Å². The molecule has 0 radical (unpaired) electrons. The van der Waals surface area contributed by atoms with Crippen molar-refractivity contribution in [3.8, 4) is 0 Å². The summed E-state index contributed by atoms with van der Waals surface area (Å²) in [5.41, 5.74) is 3.38. The van der Waals surface area contributed by atoms with Crippen molar-refractivity contribution < 1.29 is 9.53 Å². The highest BCUT2D eigenvalue weighted by atomic mass is 16.5. The maximum atomic E-state index is 13.4. The van der Waals surface area contributed by atoms with E-state index in [0.29, 0.717) is 49.0 Å². The first-order valence-corrected chi connectivity index (χ1v) is 10.2. The third-order valence-corrected chi connectivity index (χ3v) is 5.13. The number of aromatic nitrogens is 4. The number of aryl methyl sites for hydroxylation is 2. The lowest BCUT2D eigenvalue weighted by Gasteiger charge is -2.27. The van der Waals surface area contributed by atoms with Gasteiger partial charge in [-0.05, 0) is 33.5 Å². The monoisotopic (exact) mass is 408 g/mol. The lowest BCUT2D eigenvalue weighted by Crippen LogP contribution is -2.37. The molecule has 0 bridgehead atoms. The van der Waals surface area contributed by atoms with Crippen molar-refractivity contribution in [1.29, 1.82) is 0 Å². The summed E-state index contributed by atoms with van der Waals surface area (Å²) in [6, 6.07) is 8.04. The number of benzene rings is 1. The van der Waals surface area contributed by atoms with E-state index in [-0.39, 0.29) is 5.91 Å². The molecule has 1 aliphatic heterocycles. The quantitative estimate of drug-likeness (QED) is 0.641. The first-order chi connectivity index (χ1) is 14.4. The number of carbonyl (C=O) groups is 1. The normalized spacial score (nSPS) is 14.6. The van der Waals surface area contributed by atoms with E-state index in [1.807, 2.05) is 57.1 Å². The van der Waals surface area contributed by atoms with Gasteiger partial charge in [-0.25, -0.2) is 19.5 Å². The average Bonchev–Trinajstić information content (AvgIpc) is 3.05. The Morgan fingerprint density at radius 3 is 2.60 bits per heavy atom. The lowest BCUT2D eigenvalue weighted by molar-refractivity contribution is 0.0912. The molecule has 0 spiro atoms. The van der Waals surface area contributed by atoms with E-state index in [9.17, 15) is 4.79 Å². The molecule has 1 aliphatic rings. The van der Waals surface area contributed by atoms with Crippen LogP contribution in [0.15, 0.2) is 24.3 Å². The third-order valence-electron chi connectivity index (χ3n) is 5.13. The summed E-state index contributed by atoms with van der Waals surface area (Å²) in [7, 11) is 3.93. The number of rotatable bonds is 5. The van der Waals surface area contributed by atoms with E-state index >= 15 is 0 Å². The Bertz CT molecular complexity index is 1070. The molecule has 3 aromatic rings. The summed E-state index contributed by atoms with van der Waals surface area (Å²) in [5.74, 6) is 2.06. The van der Waals surface area contributed by atoms with Crippen LogP contribution in [0.4, 0.5) is 5.82 Å². The summed E-state index contributed by atoms with van der Waals surface area (Å²) in [6.07, 6.45) is 0.295. The molecule has 0 unspecified atom stereocenters. The molecule has 8 heteroatoms. The predicted octanol–water partition coefficient (Wildman–Crippen LogP) is 2.22. The molecule has 3 heterocycles. The largest absolute Gasteiger partial charge is 0.378 e. The van der Waals surface area contributed by atoms with Crippen LogP contribution in [-0.4, -0.2) is 70.7 Å². The molecule has 0 atom stereocenters. The number of morpholine rings is 1. The Labute approximate surface area is 176 Å². The minimum Gasteiger partial charge on any atom is -0.378 e. The second-order valence-corrected chi connectivity index (χ2v) is 8.03. The Kier molecular flexibility index (Phi) is 5.78. The molecule has 1 saturated heterocycles. The SMILES string of the molecule is Cc1cccc(CC(=O)n2c(CN(C)C)nc3c(N4CCOCC4)nc(C)nc32)c1. The van der Waals surface area contributed by atoms with Gasteiger partial charge >= 0.3 is 0 Å². The summed E-state index contributed by atoms with van der Waals surface area (Å²) in [4.78, 5) is 31.7. The van der Waals surface area contributed by atoms with Crippen molar-refractivity contribution in [2.45, 2.75) is 26.8 Å². The highest BCUT2D eigenvalue weighted by molar-refractivity contribution is 5.94. The van der Waals surface area contributed by atoms with Gasteiger partial charge in [-0.3, -0.25) is 4.79 Å². The fourth-order valence-electron chi connectivity index (χ4n) is 3.82. The van der Waals surface area contributed by atoms with Gasteiger partial charge in [-0.2, -0.15) is 0 Å². The molecule has 0 amide bonds. The van der Waals surface area contributed by atoms with Crippen LogP contribution >= 0.6 is 0 Å². The van der Waals surface area contributed by atoms with Crippen molar-refractivity contribution in [2.24, 2.45) is 0 Å². The maximum absolute atomic E-state index is 13.4. The molecule has 8 nitrogen and oxygen atoms in total. The van der Waals surface area contributed by atoms with Gasteiger partial charge in [-0.1, -0.05) is 29.8 Å². The van der Waals surface area contributed by atoms with E-state index in [4.69, 9.17) is 9.72 Å². The average molecular weight is 409 g/mol. The van der Waals surface area contributed by atoms with Gasteiger partial charge in [0.05, 0.1) is 26.2 Å². The molecule has 158 valence electrons. The Morgan fingerprint density at radius 2 is 1.90 bits per heavy atom. The van der Waals surface area contributed by atoms with Gasteiger partial charge in [0.15, 0.2) is 17.0 Å².